The maximum Gasteiger partial charge on any atom is 0.340 e. The highest BCUT2D eigenvalue weighted by Gasteiger charge is 2.08. The van der Waals surface area contributed by atoms with Crippen LogP contribution in [-0.2, 0) is 0 Å². The molecule has 4 heteroatoms. The highest BCUT2D eigenvalue weighted by molar-refractivity contribution is 5.91. The van der Waals surface area contributed by atoms with Crippen LogP contribution in [0.2, 0.25) is 0 Å². The Labute approximate surface area is 106 Å². The van der Waals surface area contributed by atoms with Gasteiger partial charge in [-0.3, -0.25) is 15.8 Å². The number of carbonyl (C=O) groups excluding carboxylic acids is 1. The fourth-order valence-electron chi connectivity index (χ4n) is 1.50. The molecule has 0 aromatic heterocycles. The van der Waals surface area contributed by atoms with Crippen molar-refractivity contribution in [2.45, 2.75) is 0 Å². The third-order valence-corrected chi connectivity index (χ3v) is 2.54. The van der Waals surface area contributed by atoms with Crippen molar-refractivity contribution in [2.75, 3.05) is 17.4 Å². The quantitative estimate of drug-likeness (QED) is 0.811. The molecule has 2 aromatic rings. The molecule has 2 rings (SSSR count). The van der Waals surface area contributed by atoms with Gasteiger partial charge in [-0.25, -0.2) is 4.79 Å². The Balaban J connectivity index is 1.93. The van der Waals surface area contributed by atoms with Crippen LogP contribution in [0.3, 0.4) is 0 Å². The summed E-state index contributed by atoms with van der Waals surface area (Å²) in [6.07, 6.45) is 0. The van der Waals surface area contributed by atoms with E-state index in [1.54, 1.807) is 7.05 Å². The van der Waals surface area contributed by atoms with E-state index in [2.05, 4.69) is 10.9 Å². The lowest BCUT2D eigenvalue weighted by atomic mass is 10.3. The summed E-state index contributed by atoms with van der Waals surface area (Å²) in [6, 6.07) is 18.7. The number of rotatable bonds is 3. The first-order valence-corrected chi connectivity index (χ1v) is 5.67. The third-order valence-electron chi connectivity index (χ3n) is 2.54. The SMILES string of the molecule is CN(C(=O)NNc1ccccc1)c1ccccc1. The van der Waals surface area contributed by atoms with E-state index in [9.17, 15) is 4.79 Å². The lowest BCUT2D eigenvalue weighted by molar-refractivity contribution is 0.249. The molecule has 2 amide bonds. The minimum atomic E-state index is -0.218. The lowest BCUT2D eigenvalue weighted by Gasteiger charge is -2.18. The molecule has 0 fully saturated rings. The van der Waals surface area contributed by atoms with Gasteiger partial charge in [0.2, 0.25) is 0 Å². The van der Waals surface area contributed by atoms with Gasteiger partial charge in [-0.15, -0.1) is 0 Å². The maximum atomic E-state index is 11.9. The second kappa shape index (κ2) is 5.72. The number of amides is 2. The number of nitrogens with one attached hydrogen (secondary N) is 2. The first-order valence-electron chi connectivity index (χ1n) is 5.67. The molecule has 4 nitrogen and oxygen atoms in total. The van der Waals surface area contributed by atoms with E-state index in [4.69, 9.17) is 0 Å². The van der Waals surface area contributed by atoms with Gasteiger partial charge in [0.1, 0.15) is 0 Å². The molecule has 18 heavy (non-hydrogen) atoms. The Morgan fingerprint density at radius 1 is 0.944 bits per heavy atom. The van der Waals surface area contributed by atoms with E-state index in [0.717, 1.165) is 11.4 Å². The molecular weight excluding hydrogens is 226 g/mol. The molecule has 0 aliphatic heterocycles. The molecule has 92 valence electrons. The van der Waals surface area contributed by atoms with Crippen molar-refractivity contribution in [3.8, 4) is 0 Å². The molecule has 0 atom stereocenters. The fraction of sp³-hybridized carbons (Fsp3) is 0.0714. The van der Waals surface area contributed by atoms with Crippen molar-refractivity contribution in [3.63, 3.8) is 0 Å². The Kier molecular flexibility index (Phi) is 3.81. The second-order valence-corrected chi connectivity index (χ2v) is 3.82. The molecule has 0 aliphatic rings. The lowest BCUT2D eigenvalue weighted by Crippen LogP contribution is -2.40. The summed E-state index contributed by atoms with van der Waals surface area (Å²) in [4.78, 5) is 13.4. The first-order chi connectivity index (χ1) is 8.77. The van der Waals surface area contributed by atoms with Crippen molar-refractivity contribution in [1.82, 2.24) is 5.43 Å². The van der Waals surface area contributed by atoms with E-state index in [1.165, 1.54) is 4.90 Å². The van der Waals surface area contributed by atoms with Gasteiger partial charge in [0, 0.05) is 12.7 Å². The highest BCUT2D eigenvalue weighted by Crippen LogP contribution is 2.11. The van der Waals surface area contributed by atoms with Crippen LogP contribution in [0.15, 0.2) is 60.7 Å². The van der Waals surface area contributed by atoms with Crippen molar-refractivity contribution in [2.24, 2.45) is 0 Å². The van der Waals surface area contributed by atoms with E-state index in [1.807, 2.05) is 60.7 Å². The summed E-state index contributed by atoms with van der Waals surface area (Å²) < 4.78 is 0. The van der Waals surface area contributed by atoms with E-state index in [0.29, 0.717) is 0 Å². The molecule has 0 heterocycles. The van der Waals surface area contributed by atoms with Crippen molar-refractivity contribution < 1.29 is 4.79 Å². The van der Waals surface area contributed by atoms with Gasteiger partial charge in [0.25, 0.3) is 0 Å². The molecular formula is C14H15N3O. The summed E-state index contributed by atoms with van der Waals surface area (Å²) in [7, 11) is 1.72. The summed E-state index contributed by atoms with van der Waals surface area (Å²) >= 11 is 0. The third kappa shape index (κ3) is 3.01. The smallest absolute Gasteiger partial charge is 0.297 e. The molecule has 2 N–H and O–H groups in total. The highest BCUT2D eigenvalue weighted by atomic mass is 16.2. The van der Waals surface area contributed by atoms with Crippen LogP contribution in [-0.4, -0.2) is 13.1 Å². The Morgan fingerprint density at radius 3 is 2.11 bits per heavy atom. The monoisotopic (exact) mass is 241 g/mol. The largest absolute Gasteiger partial charge is 0.340 e. The predicted molar refractivity (Wildman–Crippen MR) is 73.4 cm³/mol. The number of nitrogens with zero attached hydrogens (tertiary/aromatic N) is 1. The van der Waals surface area contributed by atoms with Gasteiger partial charge >= 0.3 is 6.03 Å². The van der Waals surface area contributed by atoms with Gasteiger partial charge < -0.3 is 0 Å². The van der Waals surface area contributed by atoms with Crippen LogP contribution in [0, 0.1) is 0 Å². The van der Waals surface area contributed by atoms with Crippen LogP contribution in [0.4, 0.5) is 16.2 Å². The number of hydrazine groups is 1. The number of urea groups is 1. The zero-order chi connectivity index (χ0) is 12.8. The van der Waals surface area contributed by atoms with Crippen molar-refractivity contribution >= 4 is 17.4 Å². The van der Waals surface area contributed by atoms with Crippen molar-refractivity contribution in [1.29, 1.82) is 0 Å². The van der Waals surface area contributed by atoms with Crippen LogP contribution in [0.1, 0.15) is 0 Å². The zero-order valence-electron chi connectivity index (χ0n) is 10.1. The summed E-state index contributed by atoms with van der Waals surface area (Å²) in [5.74, 6) is 0. The molecule has 0 aliphatic carbocycles. The zero-order valence-corrected chi connectivity index (χ0v) is 10.1. The van der Waals surface area contributed by atoms with Gasteiger partial charge in [-0.05, 0) is 24.3 Å². The molecule has 0 unspecified atom stereocenters. The average Bonchev–Trinajstić information content (AvgIpc) is 2.46. The van der Waals surface area contributed by atoms with Gasteiger partial charge in [0.05, 0.1) is 5.69 Å². The second-order valence-electron chi connectivity index (χ2n) is 3.82. The number of hydrogen-bond donors (Lipinski definition) is 2. The Hall–Kier alpha value is -2.49. The molecule has 0 saturated carbocycles. The summed E-state index contributed by atoms with van der Waals surface area (Å²) in [6.45, 7) is 0. The predicted octanol–water partition coefficient (Wildman–Crippen LogP) is 2.86. The van der Waals surface area contributed by atoms with Gasteiger partial charge in [0.15, 0.2) is 0 Å². The van der Waals surface area contributed by atoms with Crippen LogP contribution >= 0.6 is 0 Å². The minimum absolute atomic E-state index is 0.218. The number of hydrogen-bond acceptors (Lipinski definition) is 2. The van der Waals surface area contributed by atoms with E-state index in [-0.39, 0.29) is 6.03 Å². The molecule has 0 spiro atoms. The first kappa shape index (κ1) is 12.0. The Morgan fingerprint density at radius 2 is 1.50 bits per heavy atom. The number of benzene rings is 2. The van der Waals surface area contributed by atoms with Gasteiger partial charge in [-0.1, -0.05) is 36.4 Å². The molecule has 0 radical (unpaired) electrons. The summed E-state index contributed by atoms with van der Waals surface area (Å²) in [5, 5.41) is 0. The molecule has 2 aromatic carbocycles. The van der Waals surface area contributed by atoms with Crippen LogP contribution < -0.4 is 15.8 Å². The number of anilines is 2. The van der Waals surface area contributed by atoms with Crippen molar-refractivity contribution in [3.05, 3.63) is 60.7 Å². The van der Waals surface area contributed by atoms with E-state index < -0.39 is 0 Å². The topological polar surface area (TPSA) is 44.4 Å². The molecule has 0 saturated heterocycles. The van der Waals surface area contributed by atoms with Crippen LogP contribution in [0.25, 0.3) is 0 Å². The number of para-hydroxylation sites is 2. The average molecular weight is 241 g/mol. The normalized spacial score (nSPS) is 9.61. The van der Waals surface area contributed by atoms with Crippen LogP contribution in [0.5, 0.6) is 0 Å². The number of carbonyl (C=O) groups is 1. The standard InChI is InChI=1S/C14H15N3O/c1-17(13-10-6-3-7-11-13)14(18)16-15-12-8-4-2-5-9-12/h2-11,15H,1H3,(H,16,18). The minimum Gasteiger partial charge on any atom is -0.297 e. The van der Waals surface area contributed by atoms with E-state index >= 15 is 0 Å². The summed E-state index contributed by atoms with van der Waals surface area (Å²) in [5.41, 5.74) is 7.17. The maximum absolute atomic E-state index is 11.9. The molecule has 0 bridgehead atoms. The fourth-order valence-corrected chi connectivity index (χ4v) is 1.50. The van der Waals surface area contributed by atoms with Gasteiger partial charge in [-0.2, -0.15) is 0 Å². The Bertz CT molecular complexity index is 499.